The number of pyridine rings is 1. The molecular weight excluding hydrogens is 422 g/mol. The van der Waals surface area contributed by atoms with E-state index in [9.17, 15) is 0 Å². The predicted octanol–water partition coefficient (Wildman–Crippen LogP) is 3.63. The van der Waals surface area contributed by atoms with Crippen molar-refractivity contribution in [2.45, 2.75) is 31.2 Å². The molecule has 0 bridgehead atoms. The summed E-state index contributed by atoms with van der Waals surface area (Å²) in [5.41, 5.74) is 9.99. The van der Waals surface area contributed by atoms with Crippen molar-refractivity contribution >= 4 is 23.7 Å². The van der Waals surface area contributed by atoms with Crippen LogP contribution in [-0.4, -0.2) is 48.8 Å². The minimum Gasteiger partial charge on any atom is -0.368 e. The molecule has 3 aromatic heterocycles. The monoisotopic (exact) mass is 447 g/mol. The van der Waals surface area contributed by atoms with Crippen LogP contribution in [0.4, 0.5) is 11.9 Å². The Balaban J connectivity index is 1.79. The average Bonchev–Trinajstić information content (AvgIpc) is 3.17. The molecule has 32 heavy (non-hydrogen) atoms. The molecule has 0 fully saturated rings. The number of hydrogen-bond donors (Lipinski definition) is 1. The standard InChI is InChI=1S/C22H25N9S/c1-13-9-10-17(14(2)12-13)31-19(16-8-6-7-11-24-16)28-29-22(31)32-15(3)18-25-20(23)27-21(26-18)30(4)5/h6-12,15H,1-5H3,(H2,23,25,26,27). The van der Waals surface area contributed by atoms with Crippen molar-refractivity contribution in [2.24, 2.45) is 0 Å². The van der Waals surface area contributed by atoms with Crippen LogP contribution in [0.3, 0.4) is 0 Å². The second-order valence-electron chi connectivity index (χ2n) is 7.65. The van der Waals surface area contributed by atoms with Crippen molar-refractivity contribution in [1.29, 1.82) is 0 Å². The minimum atomic E-state index is -0.135. The van der Waals surface area contributed by atoms with Gasteiger partial charge < -0.3 is 10.6 Å². The Hall–Kier alpha value is -3.53. The maximum atomic E-state index is 5.92. The summed E-state index contributed by atoms with van der Waals surface area (Å²) in [5.74, 6) is 1.97. The van der Waals surface area contributed by atoms with Crippen molar-refractivity contribution in [3.05, 3.63) is 59.5 Å². The zero-order chi connectivity index (χ0) is 22.8. The van der Waals surface area contributed by atoms with Gasteiger partial charge >= 0.3 is 0 Å². The molecule has 0 saturated heterocycles. The number of anilines is 2. The fourth-order valence-corrected chi connectivity index (χ4v) is 4.18. The number of nitrogens with two attached hydrogens (primary N) is 1. The number of rotatable bonds is 6. The Morgan fingerprint density at radius 2 is 1.84 bits per heavy atom. The Morgan fingerprint density at radius 1 is 1.03 bits per heavy atom. The highest BCUT2D eigenvalue weighted by molar-refractivity contribution is 7.99. The van der Waals surface area contributed by atoms with Crippen LogP contribution in [0.1, 0.15) is 29.1 Å². The highest BCUT2D eigenvalue weighted by Gasteiger charge is 2.22. The van der Waals surface area contributed by atoms with Crippen LogP contribution in [0.2, 0.25) is 0 Å². The van der Waals surface area contributed by atoms with Gasteiger partial charge in [-0.25, -0.2) is 0 Å². The summed E-state index contributed by atoms with van der Waals surface area (Å²) >= 11 is 1.51. The smallest absolute Gasteiger partial charge is 0.229 e. The Bertz CT molecular complexity index is 1240. The van der Waals surface area contributed by atoms with Gasteiger partial charge in [0.05, 0.1) is 10.9 Å². The van der Waals surface area contributed by atoms with E-state index >= 15 is 0 Å². The van der Waals surface area contributed by atoms with Gasteiger partial charge in [0.25, 0.3) is 0 Å². The molecule has 1 unspecified atom stereocenters. The normalized spacial score (nSPS) is 12.0. The van der Waals surface area contributed by atoms with Gasteiger partial charge in [-0.3, -0.25) is 9.55 Å². The zero-order valence-corrected chi connectivity index (χ0v) is 19.5. The first-order valence-corrected chi connectivity index (χ1v) is 11.0. The van der Waals surface area contributed by atoms with Gasteiger partial charge in [-0.2, -0.15) is 15.0 Å². The number of hydrogen-bond acceptors (Lipinski definition) is 9. The van der Waals surface area contributed by atoms with Gasteiger partial charge in [0, 0.05) is 20.3 Å². The third-order valence-corrected chi connectivity index (χ3v) is 5.86. The lowest BCUT2D eigenvalue weighted by Gasteiger charge is -2.16. The molecule has 1 aromatic carbocycles. The van der Waals surface area contributed by atoms with Gasteiger partial charge in [0.1, 0.15) is 11.5 Å². The van der Waals surface area contributed by atoms with E-state index in [1.54, 1.807) is 11.1 Å². The summed E-state index contributed by atoms with van der Waals surface area (Å²) in [7, 11) is 3.73. The third kappa shape index (κ3) is 4.40. The molecule has 0 aliphatic heterocycles. The van der Waals surface area contributed by atoms with Crippen LogP contribution in [0.5, 0.6) is 0 Å². The van der Waals surface area contributed by atoms with Crippen LogP contribution in [0.25, 0.3) is 17.2 Å². The van der Waals surface area contributed by atoms with E-state index in [0.717, 1.165) is 22.1 Å². The summed E-state index contributed by atoms with van der Waals surface area (Å²) in [5, 5.41) is 9.56. The quantitative estimate of drug-likeness (QED) is 0.443. The van der Waals surface area contributed by atoms with E-state index < -0.39 is 0 Å². The number of nitrogens with zero attached hydrogens (tertiary/aromatic N) is 8. The Morgan fingerprint density at radius 3 is 2.53 bits per heavy atom. The van der Waals surface area contributed by atoms with E-state index in [0.29, 0.717) is 17.6 Å². The summed E-state index contributed by atoms with van der Waals surface area (Å²) < 4.78 is 2.04. The van der Waals surface area contributed by atoms with Crippen molar-refractivity contribution in [3.63, 3.8) is 0 Å². The topological polar surface area (TPSA) is 112 Å². The molecule has 164 valence electrons. The van der Waals surface area contributed by atoms with Crippen LogP contribution >= 0.6 is 11.8 Å². The SMILES string of the molecule is Cc1ccc(-n2c(SC(C)c3nc(N)nc(N(C)C)n3)nnc2-c2ccccn2)c(C)c1. The highest BCUT2D eigenvalue weighted by atomic mass is 32.2. The predicted molar refractivity (Wildman–Crippen MR) is 127 cm³/mol. The van der Waals surface area contributed by atoms with E-state index in [4.69, 9.17) is 5.73 Å². The second kappa shape index (κ2) is 8.91. The fourth-order valence-electron chi connectivity index (χ4n) is 3.27. The minimum absolute atomic E-state index is 0.135. The van der Waals surface area contributed by atoms with Crippen molar-refractivity contribution < 1.29 is 0 Å². The lowest BCUT2D eigenvalue weighted by atomic mass is 10.1. The Labute approximate surface area is 191 Å². The van der Waals surface area contributed by atoms with E-state index in [2.05, 4.69) is 62.2 Å². The van der Waals surface area contributed by atoms with Gasteiger partial charge in [0.2, 0.25) is 11.9 Å². The molecule has 2 N–H and O–H groups in total. The summed E-state index contributed by atoms with van der Waals surface area (Å²) in [6.45, 7) is 6.17. The molecule has 4 rings (SSSR count). The van der Waals surface area contributed by atoms with E-state index in [-0.39, 0.29) is 11.2 Å². The van der Waals surface area contributed by atoms with Crippen LogP contribution < -0.4 is 10.6 Å². The van der Waals surface area contributed by atoms with E-state index in [1.165, 1.54) is 17.3 Å². The number of benzene rings is 1. The summed E-state index contributed by atoms with van der Waals surface area (Å²) in [4.78, 5) is 19.4. The van der Waals surface area contributed by atoms with E-state index in [1.807, 2.05) is 43.8 Å². The first-order valence-electron chi connectivity index (χ1n) is 10.1. The lowest BCUT2D eigenvalue weighted by Crippen LogP contribution is -2.16. The fraction of sp³-hybridized carbons (Fsp3) is 0.273. The number of aromatic nitrogens is 7. The average molecular weight is 448 g/mol. The molecule has 0 spiro atoms. The largest absolute Gasteiger partial charge is 0.368 e. The van der Waals surface area contributed by atoms with Gasteiger partial charge in [-0.05, 0) is 44.5 Å². The van der Waals surface area contributed by atoms with Gasteiger partial charge in [-0.15, -0.1) is 10.2 Å². The van der Waals surface area contributed by atoms with Crippen molar-refractivity contribution in [2.75, 3.05) is 24.7 Å². The molecule has 0 radical (unpaired) electrons. The van der Waals surface area contributed by atoms with Crippen LogP contribution in [-0.2, 0) is 0 Å². The molecule has 1 atom stereocenters. The van der Waals surface area contributed by atoms with Crippen LogP contribution in [0, 0.1) is 13.8 Å². The summed E-state index contributed by atoms with van der Waals surface area (Å²) in [6.07, 6.45) is 1.75. The molecule has 9 nitrogen and oxygen atoms in total. The molecule has 3 heterocycles. The highest BCUT2D eigenvalue weighted by Crippen LogP contribution is 2.36. The lowest BCUT2D eigenvalue weighted by molar-refractivity contribution is 0.841. The molecule has 0 amide bonds. The molecular formula is C22H25N9S. The molecule has 0 aliphatic rings. The molecule has 0 aliphatic carbocycles. The number of aryl methyl sites for hydroxylation is 2. The molecule has 10 heteroatoms. The van der Waals surface area contributed by atoms with Gasteiger partial charge in [0.15, 0.2) is 11.0 Å². The number of nitrogen functional groups attached to an aromatic ring is 1. The van der Waals surface area contributed by atoms with Crippen LogP contribution in [0.15, 0.2) is 47.8 Å². The maximum absolute atomic E-state index is 5.92. The molecule has 0 saturated carbocycles. The zero-order valence-electron chi connectivity index (χ0n) is 18.7. The summed E-state index contributed by atoms with van der Waals surface area (Å²) in [6, 6.07) is 12.1. The first kappa shape index (κ1) is 21.7. The van der Waals surface area contributed by atoms with Crippen molar-refractivity contribution in [1.82, 2.24) is 34.7 Å². The second-order valence-corrected chi connectivity index (χ2v) is 8.96. The first-order chi connectivity index (χ1) is 15.3. The maximum Gasteiger partial charge on any atom is 0.229 e. The molecule has 4 aromatic rings. The van der Waals surface area contributed by atoms with Gasteiger partial charge in [-0.1, -0.05) is 35.5 Å². The third-order valence-electron chi connectivity index (χ3n) is 4.82. The Kier molecular flexibility index (Phi) is 6.04. The number of thioether (sulfide) groups is 1. The van der Waals surface area contributed by atoms with Crippen molar-refractivity contribution in [3.8, 4) is 17.2 Å².